The fourth-order valence-corrected chi connectivity index (χ4v) is 4.94. The van der Waals surface area contributed by atoms with E-state index in [1.54, 1.807) is 29.2 Å². The van der Waals surface area contributed by atoms with E-state index in [2.05, 4.69) is 20.6 Å². The number of rotatable bonds is 6. The van der Waals surface area contributed by atoms with E-state index >= 15 is 0 Å². The first kappa shape index (κ1) is 22.2. The van der Waals surface area contributed by atoms with E-state index in [9.17, 15) is 4.79 Å². The minimum absolute atomic E-state index is 0.224. The molecule has 9 heteroatoms. The summed E-state index contributed by atoms with van der Waals surface area (Å²) in [6.07, 6.45) is 3.28. The van der Waals surface area contributed by atoms with Crippen LogP contribution in [-0.2, 0) is 10.5 Å². The van der Waals surface area contributed by atoms with Crippen molar-refractivity contribution in [3.05, 3.63) is 107 Å². The van der Waals surface area contributed by atoms with Gasteiger partial charge in [0.1, 0.15) is 6.04 Å². The molecule has 2 aromatic heterocycles. The first-order valence-electron chi connectivity index (χ1n) is 10.7. The van der Waals surface area contributed by atoms with Crippen LogP contribution in [0.15, 0.2) is 95.6 Å². The summed E-state index contributed by atoms with van der Waals surface area (Å²) in [7, 11) is 0. The van der Waals surface area contributed by atoms with Crippen LogP contribution in [0.2, 0.25) is 5.02 Å². The van der Waals surface area contributed by atoms with Crippen molar-refractivity contribution in [2.45, 2.75) is 23.9 Å². The molecule has 0 aliphatic carbocycles. The summed E-state index contributed by atoms with van der Waals surface area (Å²) in [5.41, 5.74) is 3.86. The molecule has 0 saturated heterocycles. The minimum Gasteiger partial charge on any atom is -0.328 e. The van der Waals surface area contributed by atoms with Crippen molar-refractivity contribution in [2.24, 2.45) is 0 Å². The third-order valence-electron chi connectivity index (χ3n) is 5.43. The van der Waals surface area contributed by atoms with E-state index in [4.69, 9.17) is 16.7 Å². The molecule has 0 unspecified atom stereocenters. The molecule has 3 heterocycles. The molecule has 0 saturated carbocycles. The zero-order chi connectivity index (χ0) is 23.5. The van der Waals surface area contributed by atoms with Gasteiger partial charge in [-0.25, -0.2) is 4.68 Å². The van der Waals surface area contributed by atoms with Crippen LogP contribution >= 0.6 is 23.4 Å². The van der Waals surface area contributed by atoms with Crippen molar-refractivity contribution in [1.82, 2.24) is 19.7 Å². The summed E-state index contributed by atoms with van der Waals surface area (Å²) in [6.45, 7) is 1.88. The maximum absolute atomic E-state index is 13.4. The lowest BCUT2D eigenvalue weighted by Crippen LogP contribution is -2.31. The van der Waals surface area contributed by atoms with Crippen LogP contribution in [0.25, 0.3) is 0 Å². The quantitative estimate of drug-likeness (QED) is 0.346. The normalized spacial score (nSPS) is 14.9. The predicted molar refractivity (Wildman–Crippen MR) is 135 cm³/mol. The topological polar surface area (TPSA) is 84.7 Å². The van der Waals surface area contributed by atoms with Crippen molar-refractivity contribution in [2.75, 3.05) is 10.6 Å². The van der Waals surface area contributed by atoms with E-state index in [0.717, 1.165) is 16.8 Å². The first-order chi connectivity index (χ1) is 16.6. The largest absolute Gasteiger partial charge is 0.328 e. The molecule has 1 aliphatic heterocycles. The number of carbonyl (C=O) groups is 1. The fourth-order valence-electron chi connectivity index (χ4n) is 3.82. The molecule has 34 heavy (non-hydrogen) atoms. The molecule has 170 valence electrons. The number of aromatic nitrogens is 4. The SMILES string of the molecule is CC1=C(C(=O)Nc2cccnc2)[C@H](c2ccccc2)n2nc(SCc3ccccc3Cl)nc2N1. The Kier molecular flexibility index (Phi) is 6.33. The van der Waals surface area contributed by atoms with Gasteiger partial charge in [0.15, 0.2) is 0 Å². The summed E-state index contributed by atoms with van der Waals surface area (Å²) >= 11 is 7.80. The Balaban J connectivity index is 1.48. The molecule has 1 amide bonds. The van der Waals surface area contributed by atoms with Crippen LogP contribution in [-0.4, -0.2) is 25.7 Å². The van der Waals surface area contributed by atoms with Crippen molar-refractivity contribution in [3.8, 4) is 0 Å². The number of benzene rings is 2. The van der Waals surface area contributed by atoms with Crippen LogP contribution in [0.5, 0.6) is 0 Å². The monoisotopic (exact) mass is 488 g/mol. The van der Waals surface area contributed by atoms with Gasteiger partial charge in [-0.3, -0.25) is 9.78 Å². The third kappa shape index (κ3) is 4.55. The minimum atomic E-state index is -0.434. The number of pyridine rings is 1. The average Bonchev–Trinajstić information content (AvgIpc) is 3.26. The lowest BCUT2D eigenvalue weighted by atomic mass is 9.95. The molecule has 0 radical (unpaired) electrons. The van der Waals surface area contributed by atoms with Crippen molar-refractivity contribution < 1.29 is 4.79 Å². The molecule has 0 spiro atoms. The zero-order valence-electron chi connectivity index (χ0n) is 18.3. The highest BCUT2D eigenvalue weighted by Crippen LogP contribution is 2.37. The number of thioether (sulfide) groups is 1. The molecule has 4 aromatic rings. The molecule has 7 nitrogen and oxygen atoms in total. The number of anilines is 2. The number of hydrogen-bond acceptors (Lipinski definition) is 6. The maximum Gasteiger partial charge on any atom is 0.255 e. The van der Waals surface area contributed by atoms with Crippen LogP contribution in [0.4, 0.5) is 11.6 Å². The van der Waals surface area contributed by atoms with Gasteiger partial charge < -0.3 is 10.6 Å². The fraction of sp³-hybridized carbons (Fsp3) is 0.120. The Bertz CT molecular complexity index is 1360. The Morgan fingerprint density at radius 2 is 1.91 bits per heavy atom. The van der Waals surface area contributed by atoms with E-state index in [0.29, 0.717) is 33.1 Å². The van der Waals surface area contributed by atoms with Gasteiger partial charge in [-0.1, -0.05) is 71.9 Å². The van der Waals surface area contributed by atoms with Gasteiger partial charge >= 0.3 is 0 Å². The van der Waals surface area contributed by atoms with Gasteiger partial charge in [0.05, 0.1) is 17.5 Å². The maximum atomic E-state index is 13.4. The number of hydrogen-bond donors (Lipinski definition) is 2. The second kappa shape index (κ2) is 9.70. The molecule has 0 fully saturated rings. The van der Waals surface area contributed by atoms with E-state index < -0.39 is 6.04 Å². The predicted octanol–water partition coefficient (Wildman–Crippen LogP) is 5.55. The Labute approximate surface area is 206 Å². The third-order valence-corrected chi connectivity index (χ3v) is 6.68. The summed E-state index contributed by atoms with van der Waals surface area (Å²) in [4.78, 5) is 22.2. The summed E-state index contributed by atoms with van der Waals surface area (Å²) in [5.74, 6) is 1.00. The van der Waals surface area contributed by atoms with Crippen LogP contribution < -0.4 is 10.6 Å². The van der Waals surface area contributed by atoms with E-state index in [1.165, 1.54) is 11.8 Å². The highest BCUT2D eigenvalue weighted by Gasteiger charge is 2.34. The highest BCUT2D eigenvalue weighted by atomic mass is 35.5. The second-order valence-corrected chi connectivity index (χ2v) is 9.07. The van der Waals surface area contributed by atoms with Crippen LogP contribution in [0.3, 0.4) is 0 Å². The van der Waals surface area contributed by atoms with Gasteiger partial charge in [-0.15, -0.1) is 5.10 Å². The Morgan fingerprint density at radius 3 is 2.68 bits per heavy atom. The summed E-state index contributed by atoms with van der Waals surface area (Å²) in [5, 5.41) is 12.3. The number of halogens is 1. The highest BCUT2D eigenvalue weighted by molar-refractivity contribution is 7.98. The number of amides is 1. The Morgan fingerprint density at radius 1 is 1.12 bits per heavy atom. The molecular weight excluding hydrogens is 468 g/mol. The lowest BCUT2D eigenvalue weighted by molar-refractivity contribution is -0.113. The molecule has 0 bridgehead atoms. The summed E-state index contributed by atoms with van der Waals surface area (Å²) < 4.78 is 1.77. The standard InChI is InChI=1S/C25H21ClN6OS/c1-16-21(23(33)29-19-11-7-13-27-14-19)22(17-8-3-2-4-9-17)32-24(28-16)30-25(31-32)34-15-18-10-5-6-12-20(18)26/h2-14,22H,15H2,1H3,(H,29,33)(H,28,30,31)/t22-/m0/s1. The molecule has 5 rings (SSSR count). The first-order valence-corrected chi connectivity index (χ1v) is 12.0. The van der Waals surface area contributed by atoms with Crippen molar-refractivity contribution >= 4 is 40.9 Å². The number of fused-ring (bicyclic) bond motifs is 1. The summed E-state index contributed by atoms with van der Waals surface area (Å²) in [6, 6.07) is 20.7. The molecular formula is C25H21ClN6OS. The van der Waals surface area contributed by atoms with E-state index in [1.807, 2.05) is 61.5 Å². The van der Waals surface area contributed by atoms with Crippen LogP contribution in [0.1, 0.15) is 24.1 Å². The number of carbonyl (C=O) groups excluding carboxylic acids is 1. The average molecular weight is 489 g/mol. The van der Waals surface area contributed by atoms with Gasteiger partial charge in [0.2, 0.25) is 11.1 Å². The van der Waals surface area contributed by atoms with Gasteiger partial charge in [-0.2, -0.15) is 4.98 Å². The molecule has 2 aromatic carbocycles. The van der Waals surface area contributed by atoms with Gasteiger partial charge in [0, 0.05) is 22.7 Å². The van der Waals surface area contributed by atoms with Crippen LogP contribution in [0, 0.1) is 0 Å². The number of nitrogens with zero attached hydrogens (tertiary/aromatic N) is 4. The van der Waals surface area contributed by atoms with E-state index in [-0.39, 0.29) is 5.91 Å². The van der Waals surface area contributed by atoms with Crippen molar-refractivity contribution in [3.63, 3.8) is 0 Å². The molecule has 1 aliphatic rings. The number of nitrogens with one attached hydrogen (secondary N) is 2. The molecule has 1 atom stereocenters. The number of allylic oxidation sites excluding steroid dienone is 1. The second-order valence-electron chi connectivity index (χ2n) is 7.72. The van der Waals surface area contributed by atoms with Gasteiger partial charge in [0.25, 0.3) is 5.91 Å². The van der Waals surface area contributed by atoms with Gasteiger partial charge in [-0.05, 0) is 36.2 Å². The smallest absolute Gasteiger partial charge is 0.255 e. The molecule has 2 N–H and O–H groups in total. The van der Waals surface area contributed by atoms with Crippen molar-refractivity contribution in [1.29, 1.82) is 0 Å². The Hall–Kier alpha value is -3.62. The zero-order valence-corrected chi connectivity index (χ0v) is 19.8. The lowest BCUT2D eigenvalue weighted by Gasteiger charge is -2.28.